The van der Waals surface area contributed by atoms with Crippen molar-refractivity contribution >= 4 is 33.9 Å². The Bertz CT molecular complexity index is 1250. The van der Waals surface area contributed by atoms with Gasteiger partial charge in [0, 0.05) is 17.1 Å². The number of carbonyl (C=O) groups is 2. The Kier molecular flexibility index (Phi) is 7.36. The standard InChI is InChI=1S/C26H26N2O6S/c1-4-5-12-34-18-8-6-7-17(14-18)23(29)21-22(16-9-10-19(32-2)20(15-16)33-3)28(25(31)24(21)30)26-27-11-13-35-26/h6-11,13-15,22,29H,4-5,12H2,1-3H3. The number of nitrogens with zero attached hydrogens (tertiary/aromatic N) is 2. The summed E-state index contributed by atoms with van der Waals surface area (Å²) in [6.07, 6.45) is 3.45. The number of aliphatic hydroxyl groups is 1. The first-order valence-corrected chi connectivity index (χ1v) is 12.0. The number of aromatic nitrogens is 1. The highest BCUT2D eigenvalue weighted by Gasteiger charge is 2.48. The van der Waals surface area contributed by atoms with E-state index >= 15 is 0 Å². The van der Waals surface area contributed by atoms with Gasteiger partial charge in [-0.1, -0.05) is 31.5 Å². The van der Waals surface area contributed by atoms with Crippen molar-refractivity contribution in [2.45, 2.75) is 25.8 Å². The van der Waals surface area contributed by atoms with Crippen LogP contribution < -0.4 is 19.1 Å². The third kappa shape index (κ3) is 4.72. The monoisotopic (exact) mass is 494 g/mol. The molecule has 4 rings (SSSR count). The van der Waals surface area contributed by atoms with Crippen LogP contribution in [0.1, 0.15) is 36.9 Å². The fourth-order valence-electron chi connectivity index (χ4n) is 3.93. The van der Waals surface area contributed by atoms with Gasteiger partial charge in [-0.3, -0.25) is 14.5 Å². The number of aliphatic hydroxyl groups excluding tert-OH is 1. The van der Waals surface area contributed by atoms with Crippen LogP contribution in [0.2, 0.25) is 0 Å². The van der Waals surface area contributed by atoms with Crippen molar-refractivity contribution < 1.29 is 28.9 Å². The molecule has 8 nitrogen and oxygen atoms in total. The highest BCUT2D eigenvalue weighted by Crippen LogP contribution is 2.44. The van der Waals surface area contributed by atoms with Crippen molar-refractivity contribution in [3.05, 3.63) is 70.7 Å². The highest BCUT2D eigenvalue weighted by atomic mass is 32.1. The Morgan fingerprint density at radius 2 is 1.91 bits per heavy atom. The minimum absolute atomic E-state index is 0.0388. The molecule has 1 saturated heterocycles. The maximum absolute atomic E-state index is 13.3. The van der Waals surface area contributed by atoms with Gasteiger partial charge in [0.05, 0.1) is 32.4 Å². The molecule has 0 bridgehead atoms. The molecular formula is C26H26N2O6S. The van der Waals surface area contributed by atoms with Crippen molar-refractivity contribution in [1.29, 1.82) is 0 Å². The van der Waals surface area contributed by atoms with E-state index in [1.165, 1.54) is 30.5 Å². The minimum Gasteiger partial charge on any atom is -0.507 e. The Morgan fingerprint density at radius 1 is 1.11 bits per heavy atom. The van der Waals surface area contributed by atoms with Crippen LogP contribution in [0.3, 0.4) is 0 Å². The first-order chi connectivity index (χ1) is 17.0. The number of thiazole rings is 1. The van der Waals surface area contributed by atoms with Crippen molar-refractivity contribution in [3.63, 3.8) is 0 Å². The molecule has 1 fully saturated rings. The lowest BCUT2D eigenvalue weighted by atomic mass is 9.95. The molecule has 0 spiro atoms. The predicted octanol–water partition coefficient (Wildman–Crippen LogP) is 4.97. The van der Waals surface area contributed by atoms with Gasteiger partial charge >= 0.3 is 5.91 Å². The maximum Gasteiger partial charge on any atom is 0.301 e. The third-order valence-electron chi connectivity index (χ3n) is 5.67. The number of benzene rings is 2. The lowest BCUT2D eigenvalue weighted by Gasteiger charge is -2.23. The van der Waals surface area contributed by atoms with Crippen molar-refractivity contribution in [3.8, 4) is 17.2 Å². The second kappa shape index (κ2) is 10.6. The topological polar surface area (TPSA) is 98.2 Å². The molecule has 35 heavy (non-hydrogen) atoms. The zero-order valence-corrected chi connectivity index (χ0v) is 20.5. The summed E-state index contributed by atoms with van der Waals surface area (Å²) >= 11 is 1.23. The molecule has 0 saturated carbocycles. The van der Waals surface area contributed by atoms with Crippen molar-refractivity contribution in [1.82, 2.24) is 4.98 Å². The van der Waals surface area contributed by atoms with Gasteiger partial charge in [-0.15, -0.1) is 11.3 Å². The summed E-state index contributed by atoms with van der Waals surface area (Å²) < 4.78 is 16.5. The van der Waals surface area contributed by atoms with E-state index in [2.05, 4.69) is 11.9 Å². The van der Waals surface area contributed by atoms with Crippen LogP contribution in [0.25, 0.3) is 5.76 Å². The number of ether oxygens (including phenoxy) is 3. The zero-order valence-electron chi connectivity index (χ0n) is 19.7. The fraction of sp³-hybridized carbons (Fsp3) is 0.269. The van der Waals surface area contributed by atoms with Crippen LogP contribution in [0.15, 0.2) is 59.6 Å². The summed E-state index contributed by atoms with van der Waals surface area (Å²) in [4.78, 5) is 32.0. The molecule has 1 aromatic heterocycles. The van der Waals surface area contributed by atoms with E-state index in [1.54, 1.807) is 54.0 Å². The molecule has 1 atom stereocenters. The van der Waals surface area contributed by atoms with Crippen LogP contribution in [-0.2, 0) is 9.59 Å². The normalized spacial score (nSPS) is 17.0. The summed E-state index contributed by atoms with van der Waals surface area (Å²) in [6, 6.07) is 11.1. The lowest BCUT2D eigenvalue weighted by molar-refractivity contribution is -0.132. The smallest absolute Gasteiger partial charge is 0.301 e. The van der Waals surface area contributed by atoms with Gasteiger partial charge in [0.1, 0.15) is 11.5 Å². The van der Waals surface area contributed by atoms with Gasteiger partial charge in [-0.05, 0) is 36.2 Å². The van der Waals surface area contributed by atoms with Crippen LogP contribution >= 0.6 is 11.3 Å². The fourth-order valence-corrected chi connectivity index (χ4v) is 4.59. The number of carbonyl (C=O) groups excluding carboxylic acids is 2. The van der Waals surface area contributed by atoms with E-state index in [9.17, 15) is 14.7 Å². The molecule has 1 aliphatic heterocycles. The number of anilines is 1. The van der Waals surface area contributed by atoms with Crippen molar-refractivity contribution in [2.75, 3.05) is 25.7 Å². The summed E-state index contributed by atoms with van der Waals surface area (Å²) in [7, 11) is 3.03. The Balaban J connectivity index is 1.86. The van der Waals surface area contributed by atoms with E-state index in [-0.39, 0.29) is 11.3 Å². The average molecular weight is 495 g/mol. The maximum atomic E-state index is 13.3. The molecule has 2 aromatic carbocycles. The Hall–Kier alpha value is -3.85. The van der Waals surface area contributed by atoms with E-state index < -0.39 is 17.7 Å². The van der Waals surface area contributed by atoms with Gasteiger partial charge < -0.3 is 19.3 Å². The summed E-state index contributed by atoms with van der Waals surface area (Å²) in [5.74, 6) is -0.352. The summed E-state index contributed by atoms with van der Waals surface area (Å²) in [5, 5.41) is 13.4. The van der Waals surface area contributed by atoms with Crippen LogP contribution in [0, 0.1) is 0 Å². The molecule has 0 radical (unpaired) electrons. The molecule has 1 aliphatic rings. The third-order valence-corrected chi connectivity index (χ3v) is 6.44. The Morgan fingerprint density at radius 3 is 2.60 bits per heavy atom. The van der Waals surface area contributed by atoms with E-state index in [0.717, 1.165) is 12.8 Å². The largest absolute Gasteiger partial charge is 0.507 e. The number of rotatable bonds is 9. The van der Waals surface area contributed by atoms with Gasteiger partial charge in [0.15, 0.2) is 16.6 Å². The van der Waals surface area contributed by atoms with E-state index in [0.29, 0.717) is 40.1 Å². The molecule has 182 valence electrons. The van der Waals surface area contributed by atoms with Gasteiger partial charge in [0.25, 0.3) is 5.78 Å². The number of methoxy groups -OCH3 is 2. The van der Waals surface area contributed by atoms with Crippen molar-refractivity contribution in [2.24, 2.45) is 0 Å². The molecule has 2 heterocycles. The summed E-state index contributed by atoms with van der Waals surface area (Å²) in [5.41, 5.74) is 0.902. The second-order valence-electron chi connectivity index (χ2n) is 7.83. The molecule has 9 heteroatoms. The number of ketones is 1. The molecule has 1 amide bonds. The quantitative estimate of drug-likeness (QED) is 0.194. The first kappa shape index (κ1) is 24.3. The Labute approximate surface area is 207 Å². The first-order valence-electron chi connectivity index (χ1n) is 11.2. The number of hydrogen-bond donors (Lipinski definition) is 1. The SMILES string of the molecule is CCCCOc1cccc(C(O)=C2C(=O)C(=O)N(c3nccs3)C2c2ccc(OC)c(OC)c2)c1. The van der Waals surface area contributed by atoms with Gasteiger partial charge in [-0.2, -0.15) is 0 Å². The molecular weight excluding hydrogens is 468 g/mol. The molecule has 0 aliphatic carbocycles. The predicted molar refractivity (Wildman–Crippen MR) is 133 cm³/mol. The van der Waals surface area contributed by atoms with E-state index in [4.69, 9.17) is 14.2 Å². The molecule has 1 N–H and O–H groups in total. The second-order valence-corrected chi connectivity index (χ2v) is 8.70. The number of amides is 1. The molecule has 3 aromatic rings. The number of Topliss-reactive ketones (excluding diaryl/α,β-unsaturated/α-hetero) is 1. The lowest BCUT2D eigenvalue weighted by Crippen LogP contribution is -2.29. The molecule has 1 unspecified atom stereocenters. The van der Waals surface area contributed by atoms with Crippen LogP contribution in [0.4, 0.5) is 5.13 Å². The van der Waals surface area contributed by atoms with E-state index in [1.807, 2.05) is 0 Å². The van der Waals surface area contributed by atoms with Gasteiger partial charge in [-0.25, -0.2) is 4.98 Å². The number of unbranched alkanes of at least 4 members (excludes halogenated alkanes) is 1. The average Bonchev–Trinajstić information content (AvgIpc) is 3.50. The van der Waals surface area contributed by atoms with Crippen LogP contribution in [0.5, 0.6) is 17.2 Å². The van der Waals surface area contributed by atoms with Crippen LogP contribution in [-0.4, -0.2) is 42.6 Å². The minimum atomic E-state index is -0.911. The zero-order chi connectivity index (χ0) is 24.9. The van der Waals surface area contributed by atoms with Gasteiger partial charge in [0.2, 0.25) is 0 Å². The highest BCUT2D eigenvalue weighted by molar-refractivity contribution is 7.14. The summed E-state index contributed by atoms with van der Waals surface area (Å²) in [6.45, 7) is 2.61. The number of hydrogen-bond acceptors (Lipinski definition) is 8.